The molecule has 1 aliphatic heterocycles. The van der Waals surface area contributed by atoms with Crippen molar-refractivity contribution in [2.75, 3.05) is 19.7 Å². The van der Waals surface area contributed by atoms with Gasteiger partial charge in [-0.1, -0.05) is 12.1 Å². The van der Waals surface area contributed by atoms with Gasteiger partial charge in [0.05, 0.1) is 6.61 Å². The van der Waals surface area contributed by atoms with Crippen LogP contribution >= 0.6 is 0 Å². The third-order valence-corrected chi connectivity index (χ3v) is 4.84. The number of fused-ring (bicyclic) bond motifs is 1. The van der Waals surface area contributed by atoms with Gasteiger partial charge in [0, 0.05) is 13.1 Å². The first-order chi connectivity index (χ1) is 13.0. The van der Waals surface area contributed by atoms with E-state index in [2.05, 4.69) is 10.1 Å². The average Bonchev–Trinajstić information content (AvgIpc) is 3.09. The number of carbonyl (C=O) groups is 2. The summed E-state index contributed by atoms with van der Waals surface area (Å²) in [6, 6.07) is -0.683. The van der Waals surface area contributed by atoms with Crippen molar-refractivity contribution in [2.24, 2.45) is 0 Å². The molecular formula is C18H24N4O5. The highest BCUT2D eigenvalue weighted by Gasteiger charge is 2.31. The lowest BCUT2D eigenvalue weighted by Gasteiger charge is -2.31. The van der Waals surface area contributed by atoms with Crippen molar-refractivity contribution in [2.45, 2.75) is 52.5 Å². The summed E-state index contributed by atoms with van der Waals surface area (Å²) in [6.45, 7) is 6.68. The summed E-state index contributed by atoms with van der Waals surface area (Å²) in [5.41, 5.74) is -0.755. The Hall–Kier alpha value is -2.71. The standard InChI is InChI=1S/C18H24N4O5/c1-4-12(16(23)21-9-7-6-8-10-21)22-11(3)19-15-13(17(22)24)14(20-27-15)18(25)26-5-2/h12H,4-10H2,1-3H3/t12-/m0/s1. The van der Waals surface area contributed by atoms with Crippen LogP contribution in [0, 0.1) is 6.92 Å². The highest BCUT2D eigenvalue weighted by molar-refractivity contribution is 5.99. The molecule has 0 spiro atoms. The van der Waals surface area contributed by atoms with Crippen LogP contribution in [0.3, 0.4) is 0 Å². The number of piperidine rings is 1. The maximum absolute atomic E-state index is 13.2. The number of amides is 1. The van der Waals surface area contributed by atoms with E-state index in [4.69, 9.17) is 9.26 Å². The van der Waals surface area contributed by atoms with E-state index >= 15 is 0 Å². The fraction of sp³-hybridized carbons (Fsp3) is 0.611. The first kappa shape index (κ1) is 19.1. The zero-order chi connectivity index (χ0) is 19.6. The number of hydrogen-bond acceptors (Lipinski definition) is 7. The van der Waals surface area contributed by atoms with Gasteiger partial charge in [0.2, 0.25) is 11.6 Å². The Kier molecular flexibility index (Phi) is 5.57. The molecule has 3 rings (SSSR count). The Morgan fingerprint density at radius 2 is 1.93 bits per heavy atom. The van der Waals surface area contributed by atoms with Crippen molar-refractivity contribution in [3.8, 4) is 0 Å². The highest BCUT2D eigenvalue weighted by atomic mass is 16.5. The van der Waals surface area contributed by atoms with Crippen LogP contribution in [-0.4, -0.2) is 51.2 Å². The Labute approximate surface area is 156 Å². The second kappa shape index (κ2) is 7.89. The Morgan fingerprint density at radius 3 is 2.56 bits per heavy atom. The van der Waals surface area contributed by atoms with Gasteiger partial charge in [0.1, 0.15) is 17.3 Å². The fourth-order valence-corrected chi connectivity index (χ4v) is 3.52. The van der Waals surface area contributed by atoms with Crippen molar-refractivity contribution in [1.82, 2.24) is 19.6 Å². The molecule has 0 saturated carbocycles. The molecule has 0 aromatic carbocycles. The van der Waals surface area contributed by atoms with Crippen LogP contribution in [-0.2, 0) is 9.53 Å². The first-order valence-electron chi connectivity index (χ1n) is 9.34. The summed E-state index contributed by atoms with van der Waals surface area (Å²) >= 11 is 0. The van der Waals surface area contributed by atoms with Crippen molar-refractivity contribution >= 4 is 23.0 Å². The first-order valence-corrected chi connectivity index (χ1v) is 9.34. The van der Waals surface area contributed by atoms with Gasteiger partial charge in [-0.05, 0) is 39.5 Å². The van der Waals surface area contributed by atoms with E-state index in [-0.39, 0.29) is 29.3 Å². The zero-order valence-electron chi connectivity index (χ0n) is 15.9. The SMILES string of the molecule is CCOC(=O)c1noc2nc(C)n([C@@H](CC)C(=O)N3CCCCC3)c(=O)c12. The number of nitrogens with zero attached hydrogens (tertiary/aromatic N) is 4. The van der Waals surface area contributed by atoms with Crippen LogP contribution in [0.5, 0.6) is 0 Å². The Balaban J connectivity index is 2.09. The molecule has 1 atom stereocenters. The van der Waals surface area contributed by atoms with Crippen molar-refractivity contribution < 1.29 is 18.8 Å². The van der Waals surface area contributed by atoms with Crippen LogP contribution in [0.1, 0.15) is 61.9 Å². The topological polar surface area (TPSA) is 108 Å². The third kappa shape index (κ3) is 3.45. The number of aryl methyl sites for hydroxylation is 1. The van der Waals surface area contributed by atoms with E-state index in [1.54, 1.807) is 18.7 Å². The molecule has 0 bridgehead atoms. The summed E-state index contributed by atoms with van der Waals surface area (Å²) in [5, 5.41) is 3.60. The number of aromatic nitrogens is 3. The van der Waals surface area contributed by atoms with Gasteiger partial charge in [-0.2, -0.15) is 4.98 Å². The second-order valence-corrected chi connectivity index (χ2v) is 6.58. The number of esters is 1. The monoisotopic (exact) mass is 376 g/mol. The lowest BCUT2D eigenvalue weighted by atomic mass is 10.1. The molecule has 0 aliphatic carbocycles. The number of likely N-dealkylation sites (tertiary alicyclic amines) is 1. The van der Waals surface area contributed by atoms with Gasteiger partial charge >= 0.3 is 5.97 Å². The summed E-state index contributed by atoms with van der Waals surface area (Å²) in [6.07, 6.45) is 3.47. The lowest BCUT2D eigenvalue weighted by Crippen LogP contribution is -2.43. The molecule has 1 aliphatic rings. The molecule has 2 aromatic heterocycles. The van der Waals surface area contributed by atoms with Gasteiger partial charge in [0.15, 0.2) is 0 Å². The van der Waals surface area contributed by atoms with Gasteiger partial charge in [-0.25, -0.2) is 4.79 Å². The molecule has 27 heavy (non-hydrogen) atoms. The minimum Gasteiger partial charge on any atom is -0.461 e. The summed E-state index contributed by atoms with van der Waals surface area (Å²) in [7, 11) is 0. The van der Waals surface area contributed by atoms with E-state index in [9.17, 15) is 14.4 Å². The predicted molar refractivity (Wildman–Crippen MR) is 96.5 cm³/mol. The number of rotatable bonds is 5. The number of ether oxygens (including phenoxy) is 1. The molecule has 1 amide bonds. The fourth-order valence-electron chi connectivity index (χ4n) is 3.52. The Bertz CT molecular complexity index is 910. The van der Waals surface area contributed by atoms with E-state index in [1.807, 2.05) is 6.92 Å². The van der Waals surface area contributed by atoms with Crippen LogP contribution in [0.25, 0.3) is 11.1 Å². The molecule has 0 unspecified atom stereocenters. The molecule has 1 saturated heterocycles. The van der Waals surface area contributed by atoms with E-state index in [0.29, 0.717) is 25.3 Å². The largest absolute Gasteiger partial charge is 0.461 e. The summed E-state index contributed by atoms with van der Waals surface area (Å²) < 4.78 is 11.3. The van der Waals surface area contributed by atoms with Gasteiger partial charge < -0.3 is 14.2 Å². The van der Waals surface area contributed by atoms with Crippen LogP contribution < -0.4 is 5.56 Å². The van der Waals surface area contributed by atoms with Crippen molar-refractivity contribution in [1.29, 1.82) is 0 Å². The third-order valence-electron chi connectivity index (χ3n) is 4.84. The lowest BCUT2D eigenvalue weighted by molar-refractivity contribution is -0.136. The minimum atomic E-state index is -0.749. The maximum Gasteiger partial charge on any atom is 0.361 e. The van der Waals surface area contributed by atoms with E-state index < -0.39 is 17.6 Å². The van der Waals surface area contributed by atoms with E-state index in [1.165, 1.54) is 4.57 Å². The molecule has 9 heteroatoms. The van der Waals surface area contributed by atoms with Crippen molar-refractivity contribution in [3.05, 3.63) is 21.9 Å². The zero-order valence-corrected chi connectivity index (χ0v) is 15.9. The van der Waals surface area contributed by atoms with E-state index in [0.717, 1.165) is 19.3 Å². The molecule has 2 aromatic rings. The van der Waals surface area contributed by atoms with Crippen LogP contribution in [0.15, 0.2) is 9.32 Å². The van der Waals surface area contributed by atoms with Gasteiger partial charge in [0.25, 0.3) is 11.3 Å². The highest BCUT2D eigenvalue weighted by Crippen LogP contribution is 2.21. The second-order valence-electron chi connectivity index (χ2n) is 6.58. The minimum absolute atomic E-state index is 0.0305. The van der Waals surface area contributed by atoms with Gasteiger partial charge in [-0.15, -0.1) is 0 Å². The molecule has 0 N–H and O–H groups in total. The quantitative estimate of drug-likeness (QED) is 0.733. The molecule has 9 nitrogen and oxygen atoms in total. The maximum atomic E-state index is 13.2. The molecule has 1 fully saturated rings. The van der Waals surface area contributed by atoms with Gasteiger partial charge in [-0.3, -0.25) is 14.2 Å². The smallest absolute Gasteiger partial charge is 0.361 e. The number of carbonyl (C=O) groups excluding carboxylic acids is 2. The van der Waals surface area contributed by atoms with Crippen LogP contribution in [0.2, 0.25) is 0 Å². The Morgan fingerprint density at radius 1 is 1.22 bits per heavy atom. The summed E-state index contributed by atoms with van der Waals surface area (Å²) in [4.78, 5) is 44.4. The molecule has 0 radical (unpaired) electrons. The summed E-state index contributed by atoms with van der Waals surface area (Å²) in [5.74, 6) is -0.505. The van der Waals surface area contributed by atoms with Crippen LogP contribution in [0.4, 0.5) is 0 Å². The normalized spacial score (nSPS) is 15.7. The molecule has 3 heterocycles. The molecular weight excluding hydrogens is 352 g/mol. The molecule has 146 valence electrons. The van der Waals surface area contributed by atoms with Crippen molar-refractivity contribution in [3.63, 3.8) is 0 Å². The predicted octanol–water partition coefficient (Wildman–Crippen LogP) is 1.83. The number of hydrogen-bond donors (Lipinski definition) is 0. The average molecular weight is 376 g/mol.